The van der Waals surface area contributed by atoms with Crippen molar-refractivity contribution in [3.63, 3.8) is 0 Å². The van der Waals surface area contributed by atoms with Crippen molar-refractivity contribution in [3.05, 3.63) is 91.3 Å². The van der Waals surface area contributed by atoms with Crippen LogP contribution in [0.15, 0.2) is 75.2 Å². The van der Waals surface area contributed by atoms with Crippen LogP contribution in [0.2, 0.25) is 5.02 Å². The number of carbonyl (C=O) groups is 2. The minimum Gasteiger partial charge on any atom is -0.481 e. The summed E-state index contributed by atoms with van der Waals surface area (Å²) in [5.74, 6) is -0.485. The zero-order valence-corrected chi connectivity index (χ0v) is 21.8. The van der Waals surface area contributed by atoms with Crippen LogP contribution in [0.3, 0.4) is 0 Å². The minimum absolute atomic E-state index is 0.107. The molecule has 3 aromatic rings. The van der Waals surface area contributed by atoms with Gasteiger partial charge in [-0.05, 0) is 86.8 Å². The lowest BCUT2D eigenvalue weighted by molar-refractivity contribution is -0.118. The number of rotatable bonds is 7. The summed E-state index contributed by atoms with van der Waals surface area (Å²) < 4.78 is 6.75. The van der Waals surface area contributed by atoms with Gasteiger partial charge >= 0.3 is 0 Å². The number of nitrogens with zero attached hydrogens (tertiary/aromatic N) is 1. The van der Waals surface area contributed by atoms with Gasteiger partial charge in [0, 0.05) is 5.69 Å². The molecule has 0 unspecified atom stereocenters. The highest BCUT2D eigenvalue weighted by molar-refractivity contribution is 9.11. The van der Waals surface area contributed by atoms with Crippen LogP contribution in [0.25, 0.3) is 6.08 Å². The Labute approximate surface area is 218 Å². The summed E-state index contributed by atoms with van der Waals surface area (Å²) in [5.41, 5.74) is 2.64. The van der Waals surface area contributed by atoms with E-state index in [4.69, 9.17) is 16.3 Å². The maximum Gasteiger partial charge on any atom is 0.266 e. The molecule has 172 valence electrons. The molecule has 0 saturated carbocycles. The van der Waals surface area contributed by atoms with Crippen LogP contribution in [0.1, 0.15) is 11.1 Å². The Kier molecular flexibility index (Phi) is 8.88. The Bertz CT molecular complexity index is 1280. The number of hydrogen-bond acceptors (Lipinski definition) is 4. The van der Waals surface area contributed by atoms with Crippen molar-refractivity contribution in [1.29, 1.82) is 5.26 Å². The quantitative estimate of drug-likeness (QED) is 0.231. The van der Waals surface area contributed by atoms with E-state index in [-0.39, 0.29) is 18.1 Å². The third-order valence-electron chi connectivity index (χ3n) is 4.50. The van der Waals surface area contributed by atoms with Crippen LogP contribution in [0.4, 0.5) is 11.4 Å². The highest BCUT2D eigenvalue weighted by atomic mass is 79.9. The van der Waals surface area contributed by atoms with E-state index in [2.05, 4.69) is 42.5 Å². The monoisotopic (exact) mass is 601 g/mol. The van der Waals surface area contributed by atoms with Crippen molar-refractivity contribution in [2.75, 3.05) is 17.2 Å². The topological polar surface area (TPSA) is 91.2 Å². The van der Waals surface area contributed by atoms with Gasteiger partial charge in [0.15, 0.2) is 6.61 Å². The molecule has 0 saturated heterocycles. The van der Waals surface area contributed by atoms with Crippen LogP contribution >= 0.6 is 43.5 Å². The summed E-state index contributed by atoms with van der Waals surface area (Å²) in [5, 5.41) is 15.2. The van der Waals surface area contributed by atoms with Crippen molar-refractivity contribution in [3.8, 4) is 11.8 Å². The molecule has 0 atom stereocenters. The van der Waals surface area contributed by atoms with Crippen molar-refractivity contribution in [2.24, 2.45) is 0 Å². The largest absolute Gasteiger partial charge is 0.481 e. The molecule has 0 fully saturated rings. The molecule has 0 aliphatic heterocycles. The zero-order valence-electron chi connectivity index (χ0n) is 17.9. The van der Waals surface area contributed by atoms with Gasteiger partial charge in [0.05, 0.1) is 19.7 Å². The lowest BCUT2D eigenvalue weighted by atomic mass is 10.1. The number of nitriles is 1. The van der Waals surface area contributed by atoms with Crippen molar-refractivity contribution in [1.82, 2.24) is 0 Å². The first kappa shape index (κ1) is 25.5. The Morgan fingerprint density at radius 1 is 1.06 bits per heavy atom. The van der Waals surface area contributed by atoms with E-state index < -0.39 is 5.91 Å². The molecular weight excluding hydrogens is 586 g/mol. The van der Waals surface area contributed by atoms with E-state index >= 15 is 0 Å². The second-order valence-corrected chi connectivity index (χ2v) is 9.24. The number of amides is 2. The third kappa shape index (κ3) is 6.94. The molecule has 0 heterocycles. The first-order chi connectivity index (χ1) is 16.3. The summed E-state index contributed by atoms with van der Waals surface area (Å²) in [7, 11) is 0. The van der Waals surface area contributed by atoms with E-state index in [0.29, 0.717) is 36.7 Å². The number of aryl methyl sites for hydroxylation is 1. The highest BCUT2D eigenvalue weighted by Gasteiger charge is 2.14. The molecule has 0 bridgehead atoms. The average molecular weight is 604 g/mol. The molecule has 0 aromatic heterocycles. The fraction of sp³-hybridized carbons (Fsp3) is 0.0800. The molecule has 3 rings (SSSR count). The maximum absolute atomic E-state index is 12.5. The van der Waals surface area contributed by atoms with E-state index in [1.54, 1.807) is 36.4 Å². The molecular formula is C25H18Br2ClN3O3. The second kappa shape index (κ2) is 11.8. The Hall–Kier alpha value is -3.12. The molecule has 3 aromatic carbocycles. The molecule has 34 heavy (non-hydrogen) atoms. The van der Waals surface area contributed by atoms with Gasteiger partial charge < -0.3 is 15.4 Å². The second-order valence-electron chi connectivity index (χ2n) is 7.12. The van der Waals surface area contributed by atoms with Crippen LogP contribution in [-0.2, 0) is 9.59 Å². The van der Waals surface area contributed by atoms with Crippen LogP contribution < -0.4 is 15.4 Å². The Balaban J connectivity index is 1.69. The summed E-state index contributed by atoms with van der Waals surface area (Å²) in [6.45, 7) is 1.76. The lowest BCUT2D eigenvalue weighted by Crippen LogP contribution is -2.20. The Morgan fingerprint density at radius 2 is 1.71 bits per heavy atom. The van der Waals surface area contributed by atoms with Crippen molar-refractivity contribution in [2.45, 2.75) is 6.92 Å². The smallest absolute Gasteiger partial charge is 0.266 e. The predicted octanol–water partition coefficient (Wildman–Crippen LogP) is 6.74. The van der Waals surface area contributed by atoms with Gasteiger partial charge in [-0.25, -0.2) is 0 Å². The fourth-order valence-electron chi connectivity index (χ4n) is 2.84. The lowest BCUT2D eigenvalue weighted by Gasteiger charge is -2.12. The molecule has 6 nitrogen and oxygen atoms in total. The number of halogens is 3. The first-order valence-corrected chi connectivity index (χ1v) is 11.9. The van der Waals surface area contributed by atoms with Gasteiger partial charge in [-0.2, -0.15) is 5.26 Å². The number of hydrogen-bond donors (Lipinski definition) is 2. The van der Waals surface area contributed by atoms with Gasteiger partial charge in [0.2, 0.25) is 0 Å². The zero-order chi connectivity index (χ0) is 24.7. The minimum atomic E-state index is -0.587. The van der Waals surface area contributed by atoms with E-state index in [1.165, 1.54) is 6.08 Å². The average Bonchev–Trinajstić information content (AvgIpc) is 2.80. The maximum atomic E-state index is 12.5. The summed E-state index contributed by atoms with van der Waals surface area (Å²) in [6.07, 6.45) is 1.44. The number of carbonyl (C=O) groups excluding carboxylic acids is 2. The van der Waals surface area contributed by atoms with Crippen molar-refractivity contribution >= 4 is 72.7 Å². The molecule has 2 amide bonds. The Morgan fingerprint density at radius 3 is 2.32 bits per heavy atom. The molecule has 9 heteroatoms. The fourth-order valence-corrected chi connectivity index (χ4v) is 4.47. The van der Waals surface area contributed by atoms with Crippen LogP contribution in [0, 0.1) is 18.3 Å². The standard InChI is InChI=1S/C25H18Br2ClN3O3/c1-15-6-8-18(9-7-15)30-23(32)14-34-24-19(26)11-16(12-20(24)27)10-17(13-29)25(33)31-22-5-3-2-4-21(22)28/h2-12H,14H2,1H3,(H,30,32)(H,31,33)/b17-10+. The van der Waals surface area contributed by atoms with E-state index in [1.807, 2.05) is 37.3 Å². The van der Waals surface area contributed by atoms with E-state index in [9.17, 15) is 14.9 Å². The SMILES string of the molecule is Cc1ccc(NC(=O)COc2c(Br)cc(/C=C(\C#N)C(=O)Nc3ccccc3Cl)cc2Br)cc1. The first-order valence-electron chi connectivity index (χ1n) is 9.93. The van der Waals surface area contributed by atoms with Gasteiger partial charge in [-0.1, -0.05) is 41.4 Å². The van der Waals surface area contributed by atoms with Crippen LogP contribution in [0.5, 0.6) is 5.75 Å². The summed E-state index contributed by atoms with van der Waals surface area (Å²) in [6, 6.07) is 19.4. The van der Waals surface area contributed by atoms with Gasteiger partial charge in [0.25, 0.3) is 11.8 Å². The third-order valence-corrected chi connectivity index (χ3v) is 6.01. The van der Waals surface area contributed by atoms with Gasteiger partial charge in [-0.3, -0.25) is 9.59 Å². The molecule has 0 aliphatic carbocycles. The summed E-state index contributed by atoms with van der Waals surface area (Å²) in [4.78, 5) is 24.8. The molecule has 0 aliphatic rings. The van der Waals surface area contributed by atoms with Crippen LogP contribution in [-0.4, -0.2) is 18.4 Å². The molecule has 0 spiro atoms. The normalized spacial score (nSPS) is 10.9. The number of benzene rings is 3. The van der Waals surface area contributed by atoms with Crippen molar-refractivity contribution < 1.29 is 14.3 Å². The number of nitrogens with one attached hydrogen (secondary N) is 2. The van der Waals surface area contributed by atoms with Gasteiger partial charge in [0.1, 0.15) is 17.4 Å². The molecule has 0 radical (unpaired) electrons. The molecule has 2 N–H and O–H groups in total. The van der Waals surface area contributed by atoms with Gasteiger partial charge in [-0.15, -0.1) is 0 Å². The van der Waals surface area contributed by atoms with E-state index in [0.717, 1.165) is 5.56 Å². The highest BCUT2D eigenvalue weighted by Crippen LogP contribution is 2.35. The predicted molar refractivity (Wildman–Crippen MR) is 141 cm³/mol. The summed E-state index contributed by atoms with van der Waals surface area (Å²) >= 11 is 12.9. The number of para-hydroxylation sites is 1. The number of ether oxygens (including phenoxy) is 1. The number of anilines is 2.